The topological polar surface area (TPSA) is 43.8 Å². The molecule has 1 aromatic heterocycles. The van der Waals surface area contributed by atoms with Gasteiger partial charge in [0, 0.05) is 11.7 Å². The molecule has 0 saturated heterocycles. The van der Waals surface area contributed by atoms with Crippen LogP contribution in [0.2, 0.25) is 0 Å². The zero-order chi connectivity index (χ0) is 15.4. The highest BCUT2D eigenvalue weighted by atomic mass is 15.3. The van der Waals surface area contributed by atoms with Gasteiger partial charge in [0.15, 0.2) is 0 Å². The second kappa shape index (κ2) is 6.90. The van der Waals surface area contributed by atoms with Crippen molar-refractivity contribution in [1.82, 2.24) is 9.78 Å². The highest BCUT2D eigenvalue weighted by molar-refractivity contribution is 5.27. The lowest BCUT2D eigenvalue weighted by Gasteiger charge is -2.14. The molecule has 3 heteroatoms. The lowest BCUT2D eigenvalue weighted by molar-refractivity contribution is 0.514. The number of hydrogen-bond donors (Lipinski definition) is 1. The van der Waals surface area contributed by atoms with Gasteiger partial charge in [0.1, 0.15) is 0 Å². The number of rotatable bonds is 6. The molecule has 2 rings (SSSR count). The summed E-state index contributed by atoms with van der Waals surface area (Å²) >= 11 is 0. The third-order valence-corrected chi connectivity index (χ3v) is 4.20. The van der Waals surface area contributed by atoms with Gasteiger partial charge in [-0.25, -0.2) is 0 Å². The number of hydrogen-bond acceptors (Lipinski definition) is 2. The Morgan fingerprint density at radius 1 is 1.14 bits per heavy atom. The van der Waals surface area contributed by atoms with Crippen LogP contribution in [0.4, 0.5) is 0 Å². The summed E-state index contributed by atoms with van der Waals surface area (Å²) in [7, 11) is 0. The molecular weight excluding hydrogens is 258 g/mol. The van der Waals surface area contributed by atoms with Crippen LogP contribution in [0.5, 0.6) is 0 Å². The molecule has 0 saturated carbocycles. The van der Waals surface area contributed by atoms with Gasteiger partial charge in [0.25, 0.3) is 0 Å². The molecule has 0 radical (unpaired) electrons. The minimum absolute atomic E-state index is 0.0108. The van der Waals surface area contributed by atoms with Crippen LogP contribution >= 0.6 is 0 Å². The van der Waals surface area contributed by atoms with Crippen LogP contribution in [0.3, 0.4) is 0 Å². The van der Waals surface area contributed by atoms with Gasteiger partial charge in [0.2, 0.25) is 0 Å². The largest absolute Gasteiger partial charge is 0.322 e. The summed E-state index contributed by atoms with van der Waals surface area (Å²) < 4.78 is 2.05. The first-order valence-corrected chi connectivity index (χ1v) is 7.94. The molecular formula is C18H27N3. The molecule has 0 aliphatic heterocycles. The molecule has 0 fully saturated rings. The highest BCUT2D eigenvalue weighted by Gasteiger charge is 2.13. The van der Waals surface area contributed by atoms with Crippen LogP contribution in [0.25, 0.3) is 0 Å². The number of aryl methyl sites for hydroxylation is 2. The average Bonchev–Trinajstić information content (AvgIpc) is 2.74. The predicted octanol–water partition coefficient (Wildman–Crippen LogP) is 3.71. The lowest BCUT2D eigenvalue weighted by Crippen LogP contribution is -2.19. The Balaban J connectivity index is 2.12. The second-order valence-corrected chi connectivity index (χ2v) is 5.78. The molecule has 0 bridgehead atoms. The molecule has 0 aliphatic carbocycles. The van der Waals surface area contributed by atoms with Gasteiger partial charge in [-0.05, 0) is 43.4 Å². The van der Waals surface area contributed by atoms with Gasteiger partial charge < -0.3 is 5.73 Å². The van der Waals surface area contributed by atoms with E-state index in [-0.39, 0.29) is 6.04 Å². The van der Waals surface area contributed by atoms with E-state index in [1.165, 1.54) is 28.8 Å². The Morgan fingerprint density at radius 3 is 2.33 bits per heavy atom. The molecule has 1 unspecified atom stereocenters. The molecule has 1 heterocycles. The van der Waals surface area contributed by atoms with Crippen LogP contribution in [0.15, 0.2) is 24.3 Å². The van der Waals surface area contributed by atoms with E-state index in [2.05, 4.69) is 61.7 Å². The van der Waals surface area contributed by atoms with Crippen LogP contribution in [-0.4, -0.2) is 9.78 Å². The van der Waals surface area contributed by atoms with Gasteiger partial charge in [-0.1, -0.05) is 44.5 Å². The van der Waals surface area contributed by atoms with E-state index in [4.69, 9.17) is 5.73 Å². The summed E-state index contributed by atoms with van der Waals surface area (Å²) in [6.07, 6.45) is 3.34. The van der Waals surface area contributed by atoms with Crippen LogP contribution in [0, 0.1) is 13.8 Å². The van der Waals surface area contributed by atoms with Gasteiger partial charge in [-0.15, -0.1) is 0 Å². The summed E-state index contributed by atoms with van der Waals surface area (Å²) in [6.45, 7) is 9.32. The van der Waals surface area contributed by atoms with Crippen molar-refractivity contribution in [1.29, 1.82) is 0 Å². The van der Waals surface area contributed by atoms with Gasteiger partial charge in [-0.3, -0.25) is 4.68 Å². The fourth-order valence-electron chi connectivity index (χ4n) is 2.94. The molecule has 3 nitrogen and oxygen atoms in total. The number of benzene rings is 1. The third-order valence-electron chi connectivity index (χ3n) is 4.20. The zero-order valence-electron chi connectivity index (χ0n) is 13.7. The Morgan fingerprint density at radius 2 is 1.81 bits per heavy atom. The zero-order valence-corrected chi connectivity index (χ0v) is 13.7. The monoisotopic (exact) mass is 285 g/mol. The summed E-state index contributed by atoms with van der Waals surface area (Å²) in [6, 6.07) is 8.68. The number of nitrogens with zero attached hydrogens (tertiary/aromatic N) is 2. The van der Waals surface area contributed by atoms with E-state index < -0.39 is 0 Å². The Kier molecular flexibility index (Phi) is 5.18. The van der Waals surface area contributed by atoms with E-state index in [9.17, 15) is 0 Å². The van der Waals surface area contributed by atoms with Crippen molar-refractivity contribution in [3.05, 3.63) is 52.3 Å². The fraction of sp³-hybridized carbons (Fsp3) is 0.500. The molecule has 1 atom stereocenters. The molecule has 114 valence electrons. The maximum absolute atomic E-state index is 6.36. The van der Waals surface area contributed by atoms with E-state index in [0.717, 1.165) is 25.1 Å². The molecule has 2 N–H and O–H groups in total. The third kappa shape index (κ3) is 3.53. The van der Waals surface area contributed by atoms with Gasteiger partial charge >= 0.3 is 0 Å². The highest BCUT2D eigenvalue weighted by Crippen LogP contribution is 2.18. The quantitative estimate of drug-likeness (QED) is 0.879. The molecule has 0 aliphatic rings. The minimum Gasteiger partial charge on any atom is -0.322 e. The number of aromatic nitrogens is 2. The SMILES string of the molecule is CCCc1ccc(C(N)Cn2nc(C)c(CC)c2C)cc1. The van der Waals surface area contributed by atoms with Crippen LogP contribution in [0.1, 0.15) is 54.4 Å². The van der Waals surface area contributed by atoms with Crippen molar-refractivity contribution in [2.45, 2.75) is 59.5 Å². The fourth-order valence-corrected chi connectivity index (χ4v) is 2.94. The van der Waals surface area contributed by atoms with Crippen molar-refractivity contribution in [3.8, 4) is 0 Å². The minimum atomic E-state index is -0.0108. The van der Waals surface area contributed by atoms with Crippen molar-refractivity contribution in [2.24, 2.45) is 5.73 Å². The predicted molar refractivity (Wildman–Crippen MR) is 88.4 cm³/mol. The first-order valence-electron chi connectivity index (χ1n) is 7.94. The van der Waals surface area contributed by atoms with Gasteiger partial charge in [0.05, 0.1) is 12.2 Å². The van der Waals surface area contributed by atoms with E-state index in [1.807, 2.05) is 0 Å². The van der Waals surface area contributed by atoms with Crippen LogP contribution in [-0.2, 0) is 19.4 Å². The van der Waals surface area contributed by atoms with E-state index in [1.54, 1.807) is 0 Å². The molecule has 0 spiro atoms. The Labute approximate surface area is 128 Å². The average molecular weight is 285 g/mol. The maximum Gasteiger partial charge on any atom is 0.0628 e. The number of nitrogens with two attached hydrogens (primary N) is 1. The first-order chi connectivity index (χ1) is 10.1. The van der Waals surface area contributed by atoms with E-state index in [0.29, 0.717) is 0 Å². The standard InChI is InChI=1S/C18H27N3/c1-5-7-15-8-10-16(11-9-15)18(19)12-21-14(4)17(6-2)13(3)20-21/h8-11,18H,5-7,12,19H2,1-4H3. The van der Waals surface area contributed by atoms with Crippen molar-refractivity contribution in [3.63, 3.8) is 0 Å². The summed E-state index contributed by atoms with van der Waals surface area (Å²) in [4.78, 5) is 0. The Bertz CT molecular complexity index is 581. The molecule has 21 heavy (non-hydrogen) atoms. The van der Waals surface area contributed by atoms with Crippen molar-refractivity contribution in [2.75, 3.05) is 0 Å². The normalized spacial score (nSPS) is 12.6. The van der Waals surface area contributed by atoms with Crippen molar-refractivity contribution < 1.29 is 0 Å². The summed E-state index contributed by atoms with van der Waals surface area (Å²) in [5.74, 6) is 0. The molecule has 0 amide bonds. The lowest BCUT2D eigenvalue weighted by atomic mass is 10.0. The van der Waals surface area contributed by atoms with E-state index >= 15 is 0 Å². The van der Waals surface area contributed by atoms with Gasteiger partial charge in [-0.2, -0.15) is 5.10 Å². The summed E-state index contributed by atoms with van der Waals surface area (Å²) in [5.41, 5.74) is 12.6. The smallest absolute Gasteiger partial charge is 0.0628 e. The molecule has 2 aromatic rings. The first kappa shape index (κ1) is 15.8. The summed E-state index contributed by atoms with van der Waals surface area (Å²) in [5, 5.41) is 4.63. The van der Waals surface area contributed by atoms with Crippen molar-refractivity contribution >= 4 is 0 Å². The Hall–Kier alpha value is -1.61. The second-order valence-electron chi connectivity index (χ2n) is 5.78. The maximum atomic E-state index is 6.36. The van der Waals surface area contributed by atoms with Crippen LogP contribution < -0.4 is 5.73 Å². The molecule has 1 aromatic carbocycles.